The van der Waals surface area contributed by atoms with Gasteiger partial charge in [-0.3, -0.25) is 9.59 Å². The van der Waals surface area contributed by atoms with Gasteiger partial charge in [0.1, 0.15) is 22.9 Å². The van der Waals surface area contributed by atoms with Crippen molar-refractivity contribution in [1.82, 2.24) is 0 Å². The van der Waals surface area contributed by atoms with Crippen molar-refractivity contribution in [2.24, 2.45) is 5.92 Å². The molecule has 2 aliphatic rings. The highest BCUT2D eigenvalue weighted by atomic mass is 16.6. The summed E-state index contributed by atoms with van der Waals surface area (Å²) in [4.78, 5) is 37.5. The molecule has 0 N–H and O–H groups in total. The molecule has 1 aliphatic heterocycles. The average molecular weight is 338 g/mol. The topological polar surface area (TPSA) is 78.9 Å². The van der Waals surface area contributed by atoms with Crippen LogP contribution in [0.15, 0.2) is 11.3 Å². The van der Waals surface area contributed by atoms with Crippen molar-refractivity contribution in [3.05, 3.63) is 11.3 Å². The number of ketones is 1. The van der Waals surface area contributed by atoms with Crippen LogP contribution in [0.4, 0.5) is 0 Å². The Morgan fingerprint density at radius 3 is 2.04 bits per heavy atom. The van der Waals surface area contributed by atoms with Gasteiger partial charge in [-0.25, -0.2) is 4.79 Å². The summed E-state index contributed by atoms with van der Waals surface area (Å²) in [7, 11) is 0. The maximum Gasteiger partial charge on any atom is 0.349 e. The number of hydrogen-bond acceptors (Lipinski definition) is 6. The van der Waals surface area contributed by atoms with Gasteiger partial charge in [0, 0.05) is 12.8 Å². The zero-order chi connectivity index (χ0) is 18.3. The van der Waals surface area contributed by atoms with E-state index in [1.165, 1.54) is 0 Å². The minimum atomic E-state index is -1.16. The van der Waals surface area contributed by atoms with Gasteiger partial charge in [-0.1, -0.05) is 0 Å². The van der Waals surface area contributed by atoms with Gasteiger partial charge >= 0.3 is 11.9 Å². The highest BCUT2D eigenvalue weighted by molar-refractivity contribution is 6.04. The summed E-state index contributed by atoms with van der Waals surface area (Å²) >= 11 is 0. The molecule has 0 saturated heterocycles. The lowest BCUT2D eigenvalue weighted by atomic mass is 9.86. The first kappa shape index (κ1) is 18.5. The zero-order valence-corrected chi connectivity index (χ0v) is 15.2. The van der Waals surface area contributed by atoms with Gasteiger partial charge in [-0.15, -0.1) is 0 Å². The maximum atomic E-state index is 12.6. The van der Waals surface area contributed by atoms with Gasteiger partial charge in [-0.2, -0.15) is 0 Å². The molecule has 0 saturated carbocycles. The molecule has 0 aromatic carbocycles. The highest BCUT2D eigenvalue weighted by Crippen LogP contribution is 2.40. The van der Waals surface area contributed by atoms with Crippen LogP contribution in [0.2, 0.25) is 0 Å². The molecule has 2 rings (SSSR count). The summed E-state index contributed by atoms with van der Waals surface area (Å²) in [5.41, 5.74) is -1.16. The number of Topliss-reactive ketones (excluding diaryl/α,β-unsaturated/α-hetero) is 1. The van der Waals surface area contributed by atoms with Gasteiger partial charge < -0.3 is 14.2 Å². The Kier molecular flexibility index (Phi) is 4.79. The van der Waals surface area contributed by atoms with Crippen LogP contribution in [0, 0.1) is 5.92 Å². The third-order valence-corrected chi connectivity index (χ3v) is 3.59. The monoisotopic (exact) mass is 338 g/mol. The molecule has 0 aromatic rings. The van der Waals surface area contributed by atoms with Crippen LogP contribution in [0.25, 0.3) is 0 Å². The maximum absolute atomic E-state index is 12.6. The lowest BCUT2D eigenvalue weighted by Crippen LogP contribution is -2.42. The molecular formula is C18H26O6. The first-order valence-corrected chi connectivity index (χ1v) is 8.28. The number of allylic oxidation sites excluding steroid dienone is 1. The summed E-state index contributed by atoms with van der Waals surface area (Å²) < 4.78 is 16.5. The predicted molar refractivity (Wildman–Crippen MR) is 85.9 cm³/mol. The standard InChI is InChI=1S/C18H26O6/c1-17(2,3)23-15(20)13-12-10(19)8-7-9-11(12)22-14(13)16(21)24-18(4,5)6/h13-14H,7-9H2,1-6H3. The summed E-state index contributed by atoms with van der Waals surface area (Å²) in [6, 6.07) is 0. The summed E-state index contributed by atoms with van der Waals surface area (Å²) in [6.45, 7) is 10.4. The molecule has 2 unspecified atom stereocenters. The molecule has 0 amide bonds. The predicted octanol–water partition coefficient (Wildman–Crippen LogP) is 2.69. The minimum absolute atomic E-state index is 0.154. The molecule has 6 heteroatoms. The molecule has 0 fully saturated rings. The van der Waals surface area contributed by atoms with Crippen molar-refractivity contribution < 1.29 is 28.6 Å². The lowest BCUT2D eigenvalue weighted by molar-refractivity contribution is -0.175. The van der Waals surface area contributed by atoms with Crippen molar-refractivity contribution in [2.75, 3.05) is 0 Å². The van der Waals surface area contributed by atoms with E-state index in [1.807, 2.05) is 0 Å². The van der Waals surface area contributed by atoms with Crippen molar-refractivity contribution in [3.8, 4) is 0 Å². The van der Waals surface area contributed by atoms with E-state index in [9.17, 15) is 14.4 Å². The Labute approximate surface area is 142 Å². The van der Waals surface area contributed by atoms with Crippen molar-refractivity contribution >= 4 is 17.7 Å². The molecule has 0 aromatic heterocycles. The van der Waals surface area contributed by atoms with Gasteiger partial charge in [0.05, 0.1) is 5.57 Å². The molecule has 0 spiro atoms. The second kappa shape index (κ2) is 6.22. The summed E-state index contributed by atoms with van der Waals surface area (Å²) in [5, 5.41) is 0. The third-order valence-electron chi connectivity index (χ3n) is 3.59. The number of ether oxygens (including phenoxy) is 3. The molecule has 1 heterocycles. The van der Waals surface area contributed by atoms with Crippen LogP contribution >= 0.6 is 0 Å². The van der Waals surface area contributed by atoms with Gasteiger partial charge in [0.15, 0.2) is 5.78 Å². The Hall–Kier alpha value is -1.85. The number of rotatable bonds is 2. The van der Waals surface area contributed by atoms with E-state index in [4.69, 9.17) is 14.2 Å². The summed E-state index contributed by atoms with van der Waals surface area (Å²) in [5.74, 6) is -2.06. The van der Waals surface area contributed by atoms with Crippen LogP contribution in [0.5, 0.6) is 0 Å². The zero-order valence-electron chi connectivity index (χ0n) is 15.2. The fourth-order valence-corrected chi connectivity index (χ4v) is 2.83. The largest absolute Gasteiger partial charge is 0.481 e. The van der Waals surface area contributed by atoms with E-state index in [-0.39, 0.29) is 11.4 Å². The van der Waals surface area contributed by atoms with E-state index >= 15 is 0 Å². The van der Waals surface area contributed by atoms with Crippen LogP contribution < -0.4 is 0 Å². The first-order chi connectivity index (χ1) is 10.9. The normalized spacial score (nSPS) is 24.3. The van der Waals surface area contributed by atoms with E-state index in [1.54, 1.807) is 41.5 Å². The fraction of sp³-hybridized carbons (Fsp3) is 0.722. The minimum Gasteiger partial charge on any atom is -0.481 e. The molecule has 24 heavy (non-hydrogen) atoms. The van der Waals surface area contributed by atoms with Gasteiger partial charge in [0.25, 0.3) is 0 Å². The molecule has 0 radical (unpaired) electrons. The Morgan fingerprint density at radius 2 is 1.50 bits per heavy atom. The Morgan fingerprint density at radius 1 is 0.958 bits per heavy atom. The molecule has 134 valence electrons. The molecule has 2 atom stereocenters. The van der Waals surface area contributed by atoms with Crippen molar-refractivity contribution in [1.29, 1.82) is 0 Å². The molecule has 6 nitrogen and oxygen atoms in total. The highest BCUT2D eigenvalue weighted by Gasteiger charge is 2.51. The third kappa shape index (κ3) is 4.16. The van der Waals surface area contributed by atoms with Crippen molar-refractivity contribution in [2.45, 2.75) is 78.1 Å². The first-order valence-electron chi connectivity index (χ1n) is 8.28. The molecule has 0 bridgehead atoms. The number of hydrogen-bond donors (Lipinski definition) is 0. The smallest absolute Gasteiger partial charge is 0.349 e. The van der Waals surface area contributed by atoms with E-state index in [2.05, 4.69) is 0 Å². The SMILES string of the molecule is CC(C)(C)OC(=O)C1OC2=C(C(=O)CCC2)C1C(=O)OC(C)(C)C. The van der Waals surface area contributed by atoms with E-state index < -0.39 is 35.2 Å². The van der Waals surface area contributed by atoms with Gasteiger partial charge in [-0.05, 0) is 48.0 Å². The van der Waals surface area contributed by atoms with Crippen molar-refractivity contribution in [3.63, 3.8) is 0 Å². The second-order valence-electron chi connectivity index (χ2n) is 8.20. The number of carbonyl (C=O) groups excluding carboxylic acids is 3. The van der Waals surface area contributed by atoms with Crippen LogP contribution in [-0.2, 0) is 28.6 Å². The molecular weight excluding hydrogens is 312 g/mol. The second-order valence-corrected chi connectivity index (χ2v) is 8.20. The van der Waals surface area contributed by atoms with E-state index in [0.717, 1.165) is 0 Å². The van der Waals surface area contributed by atoms with Crippen LogP contribution in [-0.4, -0.2) is 35.0 Å². The van der Waals surface area contributed by atoms with E-state index in [0.29, 0.717) is 25.0 Å². The number of esters is 2. The average Bonchev–Trinajstić information content (AvgIpc) is 2.75. The van der Waals surface area contributed by atoms with Crippen LogP contribution in [0.1, 0.15) is 60.8 Å². The lowest BCUT2D eigenvalue weighted by Gasteiger charge is -2.27. The fourth-order valence-electron chi connectivity index (χ4n) is 2.83. The number of carbonyl (C=O) groups is 3. The quantitative estimate of drug-likeness (QED) is 0.720. The van der Waals surface area contributed by atoms with Gasteiger partial charge in [0.2, 0.25) is 6.10 Å². The van der Waals surface area contributed by atoms with Crippen LogP contribution in [0.3, 0.4) is 0 Å². The Balaban J connectivity index is 2.32. The summed E-state index contributed by atoms with van der Waals surface area (Å²) in [6.07, 6.45) is 0.383. The Bertz CT molecular complexity index is 588. The molecule has 1 aliphatic carbocycles.